The Kier molecular flexibility index (Phi) is 3.38. The first-order valence-electron chi connectivity index (χ1n) is 7.59. The van der Waals surface area contributed by atoms with E-state index < -0.39 is 0 Å². The van der Waals surface area contributed by atoms with Gasteiger partial charge in [-0.15, -0.1) is 0 Å². The van der Waals surface area contributed by atoms with Gasteiger partial charge in [-0.3, -0.25) is 0 Å². The molecule has 2 fully saturated rings. The zero-order valence-electron chi connectivity index (χ0n) is 13.0. The van der Waals surface area contributed by atoms with Gasteiger partial charge in [-0.2, -0.15) is 10.5 Å². The van der Waals surface area contributed by atoms with E-state index in [1.165, 1.54) is 18.4 Å². The van der Waals surface area contributed by atoms with Gasteiger partial charge in [0.05, 0.1) is 6.10 Å². The highest BCUT2D eigenvalue weighted by Crippen LogP contribution is 2.68. The molecule has 1 unspecified atom stereocenters. The fourth-order valence-electron chi connectivity index (χ4n) is 4.54. The van der Waals surface area contributed by atoms with Gasteiger partial charge in [0.2, 0.25) is 0 Å². The number of fused-ring (bicyclic) bond motifs is 2. The van der Waals surface area contributed by atoms with Crippen molar-refractivity contribution in [2.45, 2.75) is 45.0 Å². The first-order valence-corrected chi connectivity index (χ1v) is 9.35. The van der Waals surface area contributed by atoms with E-state index in [2.05, 4.69) is 62.7 Å². The molecule has 1 aromatic carbocycles. The maximum atomic E-state index is 10.9. The van der Waals surface area contributed by atoms with Crippen molar-refractivity contribution in [2.75, 3.05) is 6.26 Å². The number of aliphatic hydroxyl groups is 1. The number of hydrogen-bond donors (Lipinski definition) is 1. The van der Waals surface area contributed by atoms with E-state index in [-0.39, 0.29) is 27.4 Å². The second-order valence-corrected chi connectivity index (χ2v) is 9.32. The van der Waals surface area contributed by atoms with Crippen LogP contribution in [0.4, 0.5) is 0 Å². The molecule has 0 saturated heterocycles. The molecule has 0 aliphatic heterocycles. The van der Waals surface area contributed by atoms with Crippen LogP contribution in [0.5, 0.6) is 0 Å². The maximum absolute atomic E-state index is 10.9. The van der Waals surface area contributed by atoms with E-state index in [0.717, 1.165) is 0 Å². The summed E-state index contributed by atoms with van der Waals surface area (Å²) in [6, 6.07) is 10.6. The third kappa shape index (κ3) is 1.84. The normalized spacial score (nSPS) is 40.1. The van der Waals surface area contributed by atoms with Crippen LogP contribution >= 0.6 is 10.5 Å². The van der Waals surface area contributed by atoms with Gasteiger partial charge >= 0.3 is 0 Å². The van der Waals surface area contributed by atoms with Crippen LogP contribution in [0.25, 0.3) is 0 Å². The van der Waals surface area contributed by atoms with E-state index in [1.54, 1.807) is 0 Å². The summed E-state index contributed by atoms with van der Waals surface area (Å²) < 4.78 is 0. The minimum Gasteiger partial charge on any atom is -0.391 e. The van der Waals surface area contributed by atoms with E-state index in [4.69, 9.17) is 0 Å². The molecule has 2 aliphatic carbocycles. The Morgan fingerprint density at radius 3 is 2.40 bits per heavy atom. The lowest BCUT2D eigenvalue weighted by Gasteiger charge is -2.37. The van der Waals surface area contributed by atoms with E-state index in [9.17, 15) is 5.11 Å². The predicted molar refractivity (Wildman–Crippen MR) is 89.5 cm³/mol. The second-order valence-electron chi connectivity index (χ2n) is 7.33. The van der Waals surface area contributed by atoms with Crippen LogP contribution in [0, 0.1) is 16.7 Å². The summed E-state index contributed by atoms with van der Waals surface area (Å²) in [6.07, 6.45) is 4.63. The van der Waals surface area contributed by atoms with Gasteiger partial charge in [0.1, 0.15) is 0 Å². The van der Waals surface area contributed by atoms with Crippen molar-refractivity contribution < 1.29 is 5.11 Å². The molecule has 20 heavy (non-hydrogen) atoms. The Morgan fingerprint density at radius 2 is 1.85 bits per heavy atom. The molecule has 2 heteroatoms. The third-order valence-corrected chi connectivity index (χ3v) is 8.37. The Morgan fingerprint density at radius 1 is 1.20 bits per heavy atom. The molecule has 1 nitrogen and oxygen atoms in total. The molecule has 3 rings (SSSR count). The third-order valence-electron chi connectivity index (χ3n) is 6.29. The lowest BCUT2D eigenvalue weighted by Crippen LogP contribution is -2.39. The van der Waals surface area contributed by atoms with Crippen molar-refractivity contribution in [1.82, 2.24) is 0 Å². The Labute approximate surface area is 125 Å². The van der Waals surface area contributed by atoms with Gasteiger partial charge in [-0.25, -0.2) is 0 Å². The highest BCUT2D eigenvalue weighted by atomic mass is 32.2. The second kappa shape index (κ2) is 4.71. The molecule has 1 N–H and O–H groups in total. The molecule has 0 heterocycles. The minimum atomic E-state index is -0.149. The van der Waals surface area contributed by atoms with Crippen LogP contribution in [-0.2, 0) is 0 Å². The SMILES string of the molecule is C/S(=C\c1ccccc1)[C@H]1[C@H]2CC[C@@](C)([C@@H]1O)C2(C)C. The molecule has 2 bridgehead atoms. The largest absolute Gasteiger partial charge is 0.391 e. The number of aliphatic hydroxyl groups excluding tert-OH is 1. The monoisotopic (exact) mass is 290 g/mol. The van der Waals surface area contributed by atoms with Gasteiger partial charge < -0.3 is 5.11 Å². The lowest BCUT2D eigenvalue weighted by atomic mass is 9.70. The summed E-state index contributed by atoms with van der Waals surface area (Å²) in [5.41, 5.74) is 1.66. The first kappa shape index (κ1) is 14.3. The van der Waals surface area contributed by atoms with Crippen molar-refractivity contribution >= 4 is 15.9 Å². The molecule has 0 spiro atoms. The van der Waals surface area contributed by atoms with Crippen LogP contribution in [0.1, 0.15) is 39.2 Å². The fourth-order valence-corrected chi connectivity index (χ4v) is 6.98. The highest BCUT2D eigenvalue weighted by Gasteiger charge is 2.65. The molecule has 2 aliphatic rings. The number of benzene rings is 1. The Balaban J connectivity index is 1.94. The summed E-state index contributed by atoms with van der Waals surface area (Å²) in [6.45, 7) is 7.04. The van der Waals surface area contributed by atoms with Crippen LogP contribution in [0.15, 0.2) is 30.3 Å². The van der Waals surface area contributed by atoms with Crippen molar-refractivity contribution in [3.63, 3.8) is 0 Å². The minimum absolute atomic E-state index is 0.105. The van der Waals surface area contributed by atoms with Crippen molar-refractivity contribution in [3.05, 3.63) is 35.9 Å². The predicted octanol–water partition coefficient (Wildman–Crippen LogP) is 3.92. The molecule has 2 saturated carbocycles. The number of hydrogen-bond acceptors (Lipinski definition) is 1. The zero-order valence-corrected chi connectivity index (χ0v) is 13.8. The number of rotatable bonds is 2. The summed E-state index contributed by atoms with van der Waals surface area (Å²) in [5, 5.41) is 13.7. The van der Waals surface area contributed by atoms with Gasteiger partial charge in [0.15, 0.2) is 0 Å². The van der Waals surface area contributed by atoms with E-state index in [0.29, 0.717) is 11.2 Å². The zero-order chi connectivity index (χ0) is 14.5. The quantitative estimate of drug-likeness (QED) is 0.819. The topological polar surface area (TPSA) is 20.2 Å². The van der Waals surface area contributed by atoms with Gasteiger partial charge in [-0.05, 0) is 46.8 Å². The van der Waals surface area contributed by atoms with Crippen LogP contribution in [0.2, 0.25) is 0 Å². The molecular formula is C18H26OS. The summed E-state index contributed by atoms with van der Waals surface area (Å²) >= 11 is 0. The lowest BCUT2D eigenvalue weighted by molar-refractivity contribution is 0.0148. The average molecular weight is 290 g/mol. The summed E-state index contributed by atoms with van der Waals surface area (Å²) in [7, 11) is 0.127. The van der Waals surface area contributed by atoms with E-state index >= 15 is 0 Å². The average Bonchev–Trinajstić information content (AvgIpc) is 2.72. The highest BCUT2D eigenvalue weighted by molar-refractivity contribution is 8.15. The van der Waals surface area contributed by atoms with Crippen LogP contribution in [-0.4, -0.2) is 28.1 Å². The molecule has 1 aromatic rings. The Hall–Kier alpha value is -0.600. The Bertz CT molecular complexity index is 534. The van der Waals surface area contributed by atoms with Crippen molar-refractivity contribution in [2.24, 2.45) is 16.7 Å². The van der Waals surface area contributed by atoms with E-state index in [1.807, 2.05) is 0 Å². The molecule has 0 radical (unpaired) electrons. The van der Waals surface area contributed by atoms with Gasteiger partial charge in [0.25, 0.3) is 0 Å². The van der Waals surface area contributed by atoms with Gasteiger partial charge in [0, 0.05) is 5.25 Å². The van der Waals surface area contributed by atoms with Crippen LogP contribution < -0.4 is 0 Å². The standard InChI is InChI=1S/C18H26OS/c1-17(2)14-10-11-18(17,3)16(19)15(14)20(4)12-13-8-6-5-7-9-13/h5-9,12,14-16,19H,10-11H2,1-4H3/t14-,15+,16-,18+,20?/m1/s1. The van der Waals surface area contributed by atoms with Gasteiger partial charge in [-0.1, -0.05) is 51.1 Å². The molecule has 0 amide bonds. The first-order chi connectivity index (χ1) is 9.38. The van der Waals surface area contributed by atoms with Crippen LogP contribution in [0.3, 0.4) is 0 Å². The summed E-state index contributed by atoms with van der Waals surface area (Å²) in [4.78, 5) is 0. The van der Waals surface area contributed by atoms with Crippen molar-refractivity contribution in [3.8, 4) is 0 Å². The smallest absolute Gasteiger partial charge is 0.0715 e. The molecule has 0 aromatic heterocycles. The molecule has 110 valence electrons. The van der Waals surface area contributed by atoms with Crippen molar-refractivity contribution in [1.29, 1.82) is 0 Å². The maximum Gasteiger partial charge on any atom is 0.0715 e. The summed E-state index contributed by atoms with van der Waals surface area (Å²) in [5.74, 6) is 0.663. The molecule has 5 atom stereocenters. The fraction of sp³-hybridized carbons (Fsp3) is 0.611. The molecular weight excluding hydrogens is 264 g/mol.